The van der Waals surface area contributed by atoms with Crippen molar-refractivity contribution >= 4 is 46.0 Å². The third kappa shape index (κ3) is 7.61. The Labute approximate surface area is 184 Å². The van der Waals surface area contributed by atoms with E-state index in [9.17, 15) is 0 Å². The molecule has 7 heteroatoms. The van der Waals surface area contributed by atoms with Gasteiger partial charge in [0, 0.05) is 37.1 Å². The van der Waals surface area contributed by atoms with Gasteiger partial charge in [-0.3, -0.25) is 0 Å². The predicted molar refractivity (Wildman–Crippen MR) is 131 cm³/mol. The lowest BCUT2D eigenvalue weighted by Crippen LogP contribution is -2.44. The van der Waals surface area contributed by atoms with Crippen LogP contribution in [0.2, 0.25) is 0 Å². The van der Waals surface area contributed by atoms with Gasteiger partial charge in [0.15, 0.2) is 10.2 Å². The van der Waals surface area contributed by atoms with E-state index in [0.717, 1.165) is 49.1 Å². The first-order valence-corrected chi connectivity index (χ1v) is 11.0. The van der Waals surface area contributed by atoms with E-state index in [1.54, 1.807) is 0 Å². The highest BCUT2D eigenvalue weighted by atomic mass is 32.1. The zero-order valence-electron chi connectivity index (χ0n) is 16.6. The summed E-state index contributed by atoms with van der Waals surface area (Å²) in [6, 6.07) is 20.6. The van der Waals surface area contributed by atoms with Crippen molar-refractivity contribution in [2.24, 2.45) is 0 Å². The van der Waals surface area contributed by atoms with Gasteiger partial charge in [0.25, 0.3) is 0 Å². The Morgan fingerprint density at radius 1 is 0.966 bits per heavy atom. The number of thiocarbonyl (C=S) groups is 2. The largest absolute Gasteiger partial charge is 0.362 e. The summed E-state index contributed by atoms with van der Waals surface area (Å²) in [5.74, 6) is 0. The first kappa shape index (κ1) is 21.5. The minimum absolute atomic E-state index is 0.499. The number of benzene rings is 2. The number of hydrogen-bond donors (Lipinski definition) is 4. The van der Waals surface area contributed by atoms with Crippen molar-refractivity contribution in [3.8, 4) is 0 Å². The van der Waals surface area contributed by atoms with E-state index in [1.807, 2.05) is 60.7 Å². The van der Waals surface area contributed by atoms with Gasteiger partial charge in [0.1, 0.15) is 0 Å². The molecule has 1 saturated heterocycles. The topological polar surface area (TPSA) is 51.4 Å². The summed E-state index contributed by atoms with van der Waals surface area (Å²) in [6.45, 7) is 3.68. The van der Waals surface area contributed by atoms with E-state index in [4.69, 9.17) is 24.4 Å². The van der Waals surface area contributed by atoms with Gasteiger partial charge in [-0.05, 0) is 74.5 Å². The van der Waals surface area contributed by atoms with Crippen LogP contribution in [0.25, 0.3) is 0 Å². The van der Waals surface area contributed by atoms with Gasteiger partial charge < -0.3 is 26.2 Å². The number of para-hydroxylation sites is 2. The monoisotopic (exact) mass is 427 g/mol. The van der Waals surface area contributed by atoms with Crippen molar-refractivity contribution in [2.75, 3.05) is 36.8 Å². The summed E-state index contributed by atoms with van der Waals surface area (Å²) in [5.41, 5.74) is 2.01. The first-order valence-electron chi connectivity index (χ1n) is 10.1. The molecular formula is C22H29N5S2. The van der Waals surface area contributed by atoms with Gasteiger partial charge in [-0.2, -0.15) is 0 Å². The Bertz CT molecular complexity index is 763. The second kappa shape index (κ2) is 11.7. The maximum atomic E-state index is 5.71. The van der Waals surface area contributed by atoms with Gasteiger partial charge in [-0.1, -0.05) is 36.4 Å². The molecule has 1 fully saturated rings. The summed E-state index contributed by atoms with van der Waals surface area (Å²) in [5, 5.41) is 14.8. The van der Waals surface area contributed by atoms with Crippen LogP contribution < -0.4 is 21.3 Å². The lowest BCUT2D eigenvalue weighted by atomic mass is 10.2. The van der Waals surface area contributed by atoms with Crippen LogP contribution in [-0.2, 0) is 0 Å². The third-order valence-corrected chi connectivity index (χ3v) is 5.44. The maximum Gasteiger partial charge on any atom is 0.173 e. The van der Waals surface area contributed by atoms with Crippen LogP contribution in [0.3, 0.4) is 0 Å². The normalized spacial score (nSPS) is 15.5. The number of anilines is 2. The van der Waals surface area contributed by atoms with Gasteiger partial charge in [0.05, 0.1) is 0 Å². The van der Waals surface area contributed by atoms with Crippen LogP contribution in [0.5, 0.6) is 0 Å². The fourth-order valence-corrected chi connectivity index (χ4v) is 3.85. The zero-order valence-corrected chi connectivity index (χ0v) is 18.2. The molecule has 29 heavy (non-hydrogen) atoms. The van der Waals surface area contributed by atoms with Crippen molar-refractivity contribution in [1.82, 2.24) is 15.5 Å². The Kier molecular flexibility index (Phi) is 8.67. The average molecular weight is 428 g/mol. The second-order valence-electron chi connectivity index (χ2n) is 7.14. The van der Waals surface area contributed by atoms with Crippen LogP contribution in [0, 0.1) is 0 Å². The molecule has 0 unspecified atom stereocenters. The van der Waals surface area contributed by atoms with Crippen LogP contribution in [0.15, 0.2) is 60.7 Å². The molecule has 1 atom stereocenters. The van der Waals surface area contributed by atoms with Crippen LogP contribution in [0.4, 0.5) is 11.4 Å². The number of hydrogen-bond acceptors (Lipinski definition) is 3. The van der Waals surface area contributed by atoms with Gasteiger partial charge in [-0.15, -0.1) is 0 Å². The SMILES string of the molecule is S=C(NCCCN(C[C@@H]1CCCN1)C(=S)Nc1ccccc1)Nc1ccccc1. The van der Waals surface area contributed by atoms with E-state index >= 15 is 0 Å². The molecule has 0 radical (unpaired) electrons. The molecule has 154 valence electrons. The van der Waals surface area contributed by atoms with Crippen molar-refractivity contribution in [3.05, 3.63) is 60.7 Å². The zero-order chi connectivity index (χ0) is 20.3. The van der Waals surface area contributed by atoms with Crippen LogP contribution in [0.1, 0.15) is 19.3 Å². The van der Waals surface area contributed by atoms with Gasteiger partial charge >= 0.3 is 0 Å². The molecular weight excluding hydrogens is 398 g/mol. The smallest absolute Gasteiger partial charge is 0.173 e. The Morgan fingerprint density at radius 2 is 1.62 bits per heavy atom. The molecule has 0 bridgehead atoms. The highest BCUT2D eigenvalue weighted by Gasteiger charge is 2.19. The van der Waals surface area contributed by atoms with E-state index in [0.29, 0.717) is 11.2 Å². The van der Waals surface area contributed by atoms with E-state index in [1.165, 1.54) is 12.8 Å². The Morgan fingerprint density at radius 3 is 2.24 bits per heavy atom. The quantitative estimate of drug-likeness (QED) is 0.377. The molecule has 1 aliphatic heterocycles. The minimum atomic E-state index is 0.499. The standard InChI is InChI=1S/C22H29N5S2/c28-21(25-18-9-3-1-4-10-18)24-15-8-16-27(17-20-13-7-14-23-20)22(29)26-19-11-5-2-6-12-19/h1-6,9-12,20,23H,7-8,13-17H2,(H,26,29)(H2,24,25,28)/t20-/m0/s1. The molecule has 2 aromatic rings. The molecule has 4 N–H and O–H groups in total. The molecule has 1 aliphatic rings. The van der Waals surface area contributed by atoms with Gasteiger partial charge in [-0.25, -0.2) is 0 Å². The molecule has 0 aromatic heterocycles. The molecule has 0 aliphatic carbocycles. The molecule has 2 aromatic carbocycles. The average Bonchev–Trinajstić information content (AvgIpc) is 3.25. The van der Waals surface area contributed by atoms with Crippen molar-refractivity contribution < 1.29 is 0 Å². The van der Waals surface area contributed by atoms with Crippen molar-refractivity contribution in [2.45, 2.75) is 25.3 Å². The lowest BCUT2D eigenvalue weighted by molar-refractivity contribution is 0.367. The Hall–Kier alpha value is -2.22. The summed E-state index contributed by atoms with van der Waals surface area (Å²) in [4.78, 5) is 2.26. The molecule has 5 nitrogen and oxygen atoms in total. The minimum Gasteiger partial charge on any atom is -0.362 e. The summed E-state index contributed by atoms with van der Waals surface area (Å²) in [7, 11) is 0. The van der Waals surface area contributed by atoms with Crippen molar-refractivity contribution in [3.63, 3.8) is 0 Å². The summed E-state index contributed by atoms with van der Waals surface area (Å²) < 4.78 is 0. The summed E-state index contributed by atoms with van der Waals surface area (Å²) >= 11 is 11.1. The highest BCUT2D eigenvalue weighted by molar-refractivity contribution is 7.80. The van der Waals surface area contributed by atoms with Crippen LogP contribution in [-0.4, -0.2) is 47.3 Å². The first-order chi connectivity index (χ1) is 14.2. The molecule has 0 amide bonds. The third-order valence-electron chi connectivity index (χ3n) is 4.84. The van der Waals surface area contributed by atoms with E-state index < -0.39 is 0 Å². The van der Waals surface area contributed by atoms with E-state index in [-0.39, 0.29) is 0 Å². The molecule has 1 heterocycles. The van der Waals surface area contributed by atoms with E-state index in [2.05, 4.69) is 26.2 Å². The predicted octanol–water partition coefficient (Wildman–Crippen LogP) is 3.81. The van der Waals surface area contributed by atoms with Crippen molar-refractivity contribution in [1.29, 1.82) is 0 Å². The fourth-order valence-electron chi connectivity index (χ4n) is 3.35. The molecule has 0 saturated carbocycles. The Balaban J connectivity index is 1.45. The van der Waals surface area contributed by atoms with Gasteiger partial charge in [0.2, 0.25) is 0 Å². The number of rotatable bonds is 8. The molecule has 0 spiro atoms. The highest BCUT2D eigenvalue weighted by Crippen LogP contribution is 2.11. The lowest BCUT2D eigenvalue weighted by Gasteiger charge is -2.29. The second-order valence-corrected chi connectivity index (χ2v) is 7.93. The fraction of sp³-hybridized carbons (Fsp3) is 0.364. The van der Waals surface area contributed by atoms with Crippen LogP contribution >= 0.6 is 24.4 Å². The molecule has 3 rings (SSSR count). The summed E-state index contributed by atoms with van der Waals surface area (Å²) in [6.07, 6.45) is 3.38. The number of nitrogens with one attached hydrogen (secondary N) is 4. The number of nitrogens with zero attached hydrogens (tertiary/aromatic N) is 1. The maximum absolute atomic E-state index is 5.71.